The van der Waals surface area contributed by atoms with Crippen molar-refractivity contribution in [2.24, 2.45) is 11.7 Å². The number of benzene rings is 1. The molecule has 2 aliphatic rings. The first-order valence-electron chi connectivity index (χ1n) is 18.4. The molecule has 1 aliphatic carbocycles. The van der Waals surface area contributed by atoms with E-state index in [9.17, 15) is 33.9 Å². The van der Waals surface area contributed by atoms with Crippen LogP contribution >= 0.6 is 0 Å². The van der Waals surface area contributed by atoms with Crippen molar-refractivity contribution in [1.29, 1.82) is 0 Å². The summed E-state index contributed by atoms with van der Waals surface area (Å²) in [7, 11) is 0. The molecule has 2 fully saturated rings. The first-order valence-corrected chi connectivity index (χ1v) is 18.4. The summed E-state index contributed by atoms with van der Waals surface area (Å²) in [6, 6.07) is 6.57. The number of rotatable bonds is 16. The van der Waals surface area contributed by atoms with Crippen LogP contribution in [0.5, 0.6) is 0 Å². The Morgan fingerprint density at radius 2 is 1.72 bits per heavy atom. The highest BCUT2D eigenvalue weighted by atomic mass is 16.4. The molecule has 3 heterocycles. The van der Waals surface area contributed by atoms with Crippen LogP contribution in [0.4, 0.5) is 4.79 Å². The van der Waals surface area contributed by atoms with Crippen molar-refractivity contribution < 1.29 is 39.0 Å². The van der Waals surface area contributed by atoms with E-state index in [1.54, 1.807) is 32.0 Å². The van der Waals surface area contributed by atoms with Crippen LogP contribution < -0.4 is 21.7 Å². The van der Waals surface area contributed by atoms with Crippen LogP contribution in [0.1, 0.15) is 100 Å². The number of carboxylic acid groups (broad SMARTS) is 1. The first-order chi connectivity index (χ1) is 25.7. The normalized spacial score (nSPS) is 18.8. The fourth-order valence-corrected chi connectivity index (χ4v) is 7.41. The van der Waals surface area contributed by atoms with Crippen LogP contribution in [0.15, 0.2) is 42.6 Å². The molecule has 54 heavy (non-hydrogen) atoms. The second-order valence-corrected chi connectivity index (χ2v) is 14.7. The van der Waals surface area contributed by atoms with Gasteiger partial charge >= 0.3 is 6.09 Å². The Morgan fingerprint density at radius 3 is 2.43 bits per heavy atom. The summed E-state index contributed by atoms with van der Waals surface area (Å²) in [5.41, 5.74) is 5.07. The largest absolute Gasteiger partial charge is 0.465 e. The molecule has 2 aromatic heterocycles. The summed E-state index contributed by atoms with van der Waals surface area (Å²) >= 11 is 0. The minimum atomic E-state index is -1.36. The first kappa shape index (κ1) is 39.8. The topological polar surface area (TPSA) is 252 Å². The van der Waals surface area contributed by atoms with Gasteiger partial charge in [-0.15, -0.1) is 5.10 Å². The lowest BCUT2D eigenvalue weighted by molar-refractivity contribution is -0.142. The smallest absolute Gasteiger partial charge is 0.404 e. The number of carbonyl (C=O) groups is 6. The van der Waals surface area contributed by atoms with E-state index in [4.69, 9.17) is 10.8 Å². The maximum absolute atomic E-state index is 14.8. The lowest BCUT2D eigenvalue weighted by atomic mass is 9.84. The summed E-state index contributed by atoms with van der Waals surface area (Å²) in [5.74, 6) is -3.92. The summed E-state index contributed by atoms with van der Waals surface area (Å²) in [6.45, 7) is 3.18. The van der Waals surface area contributed by atoms with Crippen LogP contribution in [0, 0.1) is 5.92 Å². The van der Waals surface area contributed by atoms with Gasteiger partial charge in [0.1, 0.15) is 23.4 Å². The number of carbonyl (C=O) groups excluding carboxylic acids is 5. The van der Waals surface area contributed by atoms with Crippen LogP contribution in [-0.2, 0) is 24.8 Å². The van der Waals surface area contributed by atoms with E-state index in [1.165, 1.54) is 15.8 Å². The quantitative estimate of drug-likeness (QED) is 0.0912. The number of nitrogens with one attached hydrogen (secondary N) is 3. The number of nitrogens with two attached hydrogens (primary N) is 1. The molecule has 1 saturated heterocycles. The second-order valence-electron chi connectivity index (χ2n) is 14.7. The third-order valence-corrected chi connectivity index (χ3v) is 10.2. The van der Waals surface area contributed by atoms with E-state index in [0.717, 1.165) is 37.5 Å². The number of hydrogen-bond donors (Lipinski definition) is 6. The van der Waals surface area contributed by atoms with Gasteiger partial charge in [0.15, 0.2) is 0 Å². The molecule has 17 nitrogen and oxygen atoms in total. The van der Waals surface area contributed by atoms with Crippen LogP contribution in [0.2, 0.25) is 0 Å². The van der Waals surface area contributed by atoms with E-state index < -0.39 is 65.3 Å². The number of nitrogens with zero attached hydrogens (tertiary/aromatic N) is 5. The molecule has 0 bridgehead atoms. The predicted molar refractivity (Wildman–Crippen MR) is 195 cm³/mol. The Morgan fingerprint density at radius 1 is 0.981 bits per heavy atom. The van der Waals surface area contributed by atoms with Crippen molar-refractivity contribution in [1.82, 2.24) is 40.8 Å². The number of aliphatic hydroxyl groups is 1. The average molecular weight is 748 g/mol. The van der Waals surface area contributed by atoms with Gasteiger partial charge < -0.3 is 36.8 Å². The van der Waals surface area contributed by atoms with Gasteiger partial charge in [0.05, 0.1) is 29.5 Å². The number of unbranched alkanes of at least 4 members (excludes halogenated alkanes) is 1. The van der Waals surface area contributed by atoms with Crippen LogP contribution in [-0.4, -0.2) is 102 Å². The van der Waals surface area contributed by atoms with Crippen molar-refractivity contribution >= 4 is 46.4 Å². The Bertz CT molecular complexity index is 1850. The minimum Gasteiger partial charge on any atom is -0.465 e. The number of ketones is 1. The van der Waals surface area contributed by atoms with Gasteiger partial charge in [-0.25, -0.2) is 14.5 Å². The summed E-state index contributed by atoms with van der Waals surface area (Å²) < 4.78 is 1.47. The monoisotopic (exact) mass is 747 g/mol. The Kier molecular flexibility index (Phi) is 12.9. The molecular formula is C37H49N9O8. The molecule has 4 atom stereocenters. The summed E-state index contributed by atoms with van der Waals surface area (Å²) in [5, 5.41) is 36.5. The molecule has 3 aromatic rings. The molecule has 7 N–H and O–H groups in total. The molecule has 1 aliphatic heterocycles. The van der Waals surface area contributed by atoms with Gasteiger partial charge in [0.2, 0.25) is 17.6 Å². The van der Waals surface area contributed by atoms with Gasteiger partial charge in [-0.1, -0.05) is 61.6 Å². The number of likely N-dealkylation sites (tertiary alicyclic amines) is 1. The zero-order chi connectivity index (χ0) is 39.0. The number of hydrogen-bond acceptors (Lipinski definition) is 10. The van der Waals surface area contributed by atoms with E-state index in [2.05, 4.69) is 31.2 Å². The second kappa shape index (κ2) is 17.6. The molecule has 0 spiro atoms. The maximum Gasteiger partial charge on any atom is 0.404 e. The highest BCUT2D eigenvalue weighted by Crippen LogP contribution is 2.33. The zero-order valence-corrected chi connectivity index (χ0v) is 30.6. The number of fused-ring (bicyclic) bond motifs is 1. The molecule has 5 rings (SSSR count). The van der Waals surface area contributed by atoms with Gasteiger partial charge in [-0.05, 0) is 57.6 Å². The SMILES string of the molecule is CC(C)(O)c1cnnn1[C@H]1C[C@@H](C(=O)NC(CCCCNC(=O)O)C(=O)C(N)=O)N(C(=O)[C@@H](CC2CCCCC2)NC(=O)c2ccc3ccccc3n2)C1. The zero-order valence-electron chi connectivity index (χ0n) is 30.6. The van der Waals surface area contributed by atoms with Gasteiger partial charge in [0, 0.05) is 24.9 Å². The fourth-order valence-electron chi connectivity index (χ4n) is 7.41. The highest BCUT2D eigenvalue weighted by molar-refractivity contribution is 6.37. The molecule has 17 heteroatoms. The predicted octanol–water partition coefficient (Wildman–Crippen LogP) is 1.94. The van der Waals surface area contributed by atoms with E-state index in [1.807, 2.05) is 18.2 Å². The van der Waals surface area contributed by atoms with Crippen molar-refractivity contribution in [3.63, 3.8) is 0 Å². The average Bonchev–Trinajstić information content (AvgIpc) is 3.82. The third kappa shape index (κ3) is 9.94. The van der Waals surface area contributed by atoms with Gasteiger partial charge in [-0.2, -0.15) is 0 Å². The third-order valence-electron chi connectivity index (χ3n) is 10.2. The van der Waals surface area contributed by atoms with E-state index >= 15 is 0 Å². The molecule has 1 saturated carbocycles. The number of Topliss-reactive ketones (excluding diaryl/α,β-unsaturated/α-hetero) is 1. The summed E-state index contributed by atoms with van der Waals surface area (Å²) in [6.07, 6.45) is 5.97. The van der Waals surface area contributed by atoms with Crippen molar-refractivity contribution in [3.05, 3.63) is 54.0 Å². The maximum atomic E-state index is 14.8. The van der Waals surface area contributed by atoms with Crippen molar-refractivity contribution in [2.45, 2.75) is 108 Å². The number of aromatic nitrogens is 4. The summed E-state index contributed by atoms with van der Waals surface area (Å²) in [4.78, 5) is 84.2. The molecule has 0 radical (unpaired) electrons. The van der Waals surface area contributed by atoms with Crippen molar-refractivity contribution in [2.75, 3.05) is 13.1 Å². The Balaban J connectivity index is 1.44. The lowest BCUT2D eigenvalue weighted by Gasteiger charge is -2.32. The van der Waals surface area contributed by atoms with Gasteiger partial charge in [0.25, 0.3) is 11.8 Å². The molecule has 290 valence electrons. The number of para-hydroxylation sites is 1. The molecule has 1 unspecified atom stereocenters. The lowest BCUT2D eigenvalue weighted by Crippen LogP contribution is -2.56. The van der Waals surface area contributed by atoms with E-state index in [0.29, 0.717) is 24.1 Å². The van der Waals surface area contributed by atoms with Gasteiger partial charge in [-0.3, -0.25) is 24.0 Å². The van der Waals surface area contributed by atoms with Crippen LogP contribution in [0.3, 0.4) is 0 Å². The standard InChI is InChI=1S/C37H49N9O8/c1-37(2,54)30-20-40-44-46(30)24-19-29(34(50)42-26(31(47)32(38)48)14-8-9-17-39-36(52)53)45(21-24)35(51)28(18-22-10-4-3-5-11-22)43-33(49)27-16-15-23-12-6-7-13-25(23)41-27/h6-7,12-13,15-16,20,22,24,26,28-29,39,54H,3-5,8-11,14,17-19,21H2,1-2H3,(H2,38,48)(H,42,50)(H,43,49)(H,52,53)/t24-,26?,28+,29-/m0/s1. The Labute approximate surface area is 312 Å². The minimum absolute atomic E-state index is 0.00997. The fraction of sp³-hybridized carbons (Fsp3) is 0.541. The number of primary amides is 1. The molecule has 1 aromatic carbocycles. The van der Waals surface area contributed by atoms with Crippen LogP contribution in [0.25, 0.3) is 10.9 Å². The van der Waals surface area contributed by atoms with Crippen molar-refractivity contribution in [3.8, 4) is 0 Å². The van der Waals surface area contributed by atoms with E-state index in [-0.39, 0.29) is 44.0 Å². The molecular weight excluding hydrogens is 698 g/mol. The molecule has 5 amide bonds. The Hall–Kier alpha value is -5.45. The number of pyridine rings is 1. The number of amides is 5. The highest BCUT2D eigenvalue weighted by Gasteiger charge is 2.45.